The van der Waals surface area contributed by atoms with E-state index < -0.39 is 0 Å². The normalized spacial score (nSPS) is 10.5. The van der Waals surface area contributed by atoms with Crippen LogP contribution < -0.4 is 9.47 Å². The fraction of sp³-hybridized carbons (Fsp3) is 0.375. The van der Waals surface area contributed by atoms with Gasteiger partial charge in [0.15, 0.2) is 11.5 Å². The fourth-order valence-electron chi connectivity index (χ4n) is 2.26. The predicted octanol–water partition coefficient (Wildman–Crippen LogP) is 3.19. The van der Waals surface area contributed by atoms with Crippen molar-refractivity contribution in [2.45, 2.75) is 20.4 Å². The number of nitrogens with zero attached hydrogens (tertiary/aromatic N) is 2. The molecule has 1 aromatic heterocycles. The number of rotatable bonds is 5. The molecule has 0 atom stereocenters. The van der Waals surface area contributed by atoms with E-state index in [4.69, 9.17) is 14.0 Å². The second-order valence-electron chi connectivity index (χ2n) is 5.15. The molecule has 0 aliphatic heterocycles. The molecule has 1 aromatic carbocycles. The van der Waals surface area contributed by atoms with Crippen molar-refractivity contribution in [2.75, 3.05) is 21.3 Å². The molecule has 2 rings (SSSR count). The Balaban J connectivity index is 2.29. The van der Waals surface area contributed by atoms with Crippen LogP contribution in [0.4, 0.5) is 0 Å². The summed E-state index contributed by atoms with van der Waals surface area (Å²) in [7, 11) is 4.87. The number of benzene rings is 1. The van der Waals surface area contributed by atoms with Crippen LogP contribution >= 0.6 is 22.6 Å². The zero-order valence-corrected chi connectivity index (χ0v) is 15.9. The molecular weight excluding hydrogens is 411 g/mol. The van der Waals surface area contributed by atoms with Gasteiger partial charge in [0.25, 0.3) is 5.91 Å². The molecule has 0 saturated carbocycles. The van der Waals surface area contributed by atoms with Gasteiger partial charge in [-0.3, -0.25) is 4.79 Å². The van der Waals surface area contributed by atoms with Crippen LogP contribution in [0, 0.1) is 17.4 Å². The van der Waals surface area contributed by atoms with E-state index in [0.717, 1.165) is 20.6 Å². The van der Waals surface area contributed by atoms with Crippen molar-refractivity contribution < 1.29 is 18.8 Å². The lowest BCUT2D eigenvalue weighted by atomic mass is 10.1. The van der Waals surface area contributed by atoms with Gasteiger partial charge in [-0.15, -0.1) is 0 Å². The minimum absolute atomic E-state index is 0.102. The van der Waals surface area contributed by atoms with E-state index >= 15 is 0 Å². The molecule has 0 spiro atoms. The lowest BCUT2D eigenvalue weighted by Gasteiger charge is -2.19. The van der Waals surface area contributed by atoms with Gasteiger partial charge in [0.05, 0.1) is 32.0 Å². The highest BCUT2D eigenvalue weighted by molar-refractivity contribution is 14.1. The molecule has 0 aliphatic rings. The van der Waals surface area contributed by atoms with E-state index in [1.54, 1.807) is 38.3 Å². The Bertz CT molecular complexity index is 708. The van der Waals surface area contributed by atoms with Crippen LogP contribution in [0.2, 0.25) is 0 Å². The molecule has 0 N–H and O–H groups in total. The molecular formula is C16H19IN2O4. The molecule has 2 aromatic rings. The smallest absolute Gasteiger partial charge is 0.255 e. The summed E-state index contributed by atoms with van der Waals surface area (Å²) in [6.07, 6.45) is 0. The molecule has 1 heterocycles. The first-order valence-corrected chi connectivity index (χ1v) is 8.05. The zero-order chi connectivity index (χ0) is 17.1. The number of hydrogen-bond donors (Lipinski definition) is 0. The van der Waals surface area contributed by atoms with Gasteiger partial charge < -0.3 is 18.9 Å². The van der Waals surface area contributed by atoms with Crippen LogP contribution in [0.25, 0.3) is 0 Å². The Morgan fingerprint density at radius 3 is 2.39 bits per heavy atom. The number of aromatic nitrogens is 1. The largest absolute Gasteiger partial charge is 0.493 e. The van der Waals surface area contributed by atoms with Crippen LogP contribution in [0.3, 0.4) is 0 Å². The third-order valence-electron chi connectivity index (χ3n) is 3.63. The Kier molecular flexibility index (Phi) is 5.51. The molecule has 0 unspecified atom stereocenters. The third-order valence-corrected chi connectivity index (χ3v) is 4.52. The van der Waals surface area contributed by atoms with E-state index in [0.29, 0.717) is 23.6 Å². The van der Waals surface area contributed by atoms with Gasteiger partial charge in [0.1, 0.15) is 5.76 Å². The summed E-state index contributed by atoms with van der Waals surface area (Å²) in [6, 6.07) is 3.49. The quantitative estimate of drug-likeness (QED) is 0.682. The van der Waals surface area contributed by atoms with E-state index in [1.807, 2.05) is 13.8 Å². The Morgan fingerprint density at radius 1 is 1.26 bits per heavy atom. The summed E-state index contributed by atoms with van der Waals surface area (Å²) in [5, 5.41) is 3.92. The molecule has 6 nitrogen and oxygen atoms in total. The van der Waals surface area contributed by atoms with Crippen molar-refractivity contribution in [3.63, 3.8) is 0 Å². The zero-order valence-electron chi connectivity index (χ0n) is 13.8. The van der Waals surface area contributed by atoms with Crippen LogP contribution in [-0.2, 0) is 6.54 Å². The van der Waals surface area contributed by atoms with Crippen molar-refractivity contribution in [1.82, 2.24) is 10.1 Å². The number of ether oxygens (including phenoxy) is 2. The Hall–Kier alpha value is -1.77. The molecule has 124 valence electrons. The van der Waals surface area contributed by atoms with Crippen molar-refractivity contribution in [3.8, 4) is 11.5 Å². The summed E-state index contributed by atoms with van der Waals surface area (Å²) < 4.78 is 16.5. The monoisotopic (exact) mass is 430 g/mol. The second kappa shape index (κ2) is 7.20. The van der Waals surface area contributed by atoms with Gasteiger partial charge in [0.2, 0.25) is 0 Å². The second-order valence-corrected chi connectivity index (χ2v) is 6.31. The molecule has 0 fully saturated rings. The van der Waals surface area contributed by atoms with E-state index in [1.165, 1.54) is 0 Å². The van der Waals surface area contributed by atoms with Gasteiger partial charge in [-0.2, -0.15) is 0 Å². The predicted molar refractivity (Wildman–Crippen MR) is 94.0 cm³/mol. The number of amides is 1. The van der Waals surface area contributed by atoms with Crippen LogP contribution in [0.15, 0.2) is 16.7 Å². The highest BCUT2D eigenvalue weighted by Gasteiger charge is 2.21. The minimum Gasteiger partial charge on any atom is -0.493 e. The van der Waals surface area contributed by atoms with Gasteiger partial charge in [-0.05, 0) is 48.6 Å². The van der Waals surface area contributed by atoms with Gasteiger partial charge in [0, 0.05) is 16.2 Å². The van der Waals surface area contributed by atoms with Crippen LogP contribution in [0.5, 0.6) is 11.5 Å². The summed E-state index contributed by atoms with van der Waals surface area (Å²) in [5.41, 5.74) is 2.29. The number of hydrogen-bond acceptors (Lipinski definition) is 5. The maximum atomic E-state index is 12.8. The SMILES string of the molecule is COc1cc(I)c(C(=O)N(C)Cc2c(C)noc2C)cc1OC. The molecule has 7 heteroatoms. The maximum absolute atomic E-state index is 12.8. The summed E-state index contributed by atoms with van der Waals surface area (Å²) in [6.45, 7) is 4.14. The molecule has 0 saturated heterocycles. The van der Waals surface area contributed by atoms with Gasteiger partial charge in [-0.1, -0.05) is 5.16 Å². The minimum atomic E-state index is -0.102. The summed E-state index contributed by atoms with van der Waals surface area (Å²) >= 11 is 2.12. The van der Waals surface area contributed by atoms with Crippen molar-refractivity contribution in [2.24, 2.45) is 0 Å². The molecule has 0 aliphatic carbocycles. The van der Waals surface area contributed by atoms with Crippen molar-refractivity contribution in [1.29, 1.82) is 0 Å². The maximum Gasteiger partial charge on any atom is 0.255 e. The van der Waals surface area contributed by atoms with Crippen molar-refractivity contribution in [3.05, 3.63) is 38.3 Å². The fourth-order valence-corrected chi connectivity index (χ4v) is 2.93. The van der Waals surface area contributed by atoms with Crippen molar-refractivity contribution >= 4 is 28.5 Å². The molecule has 1 amide bonds. The Labute approximate surface area is 148 Å². The lowest BCUT2D eigenvalue weighted by Crippen LogP contribution is -2.27. The standard InChI is InChI=1S/C16H19IN2O4/c1-9-12(10(2)23-18-9)8-19(3)16(20)11-6-14(21-4)15(22-5)7-13(11)17/h6-7H,8H2,1-5H3. The third kappa shape index (κ3) is 3.60. The van der Waals surface area contributed by atoms with E-state index in [2.05, 4.69) is 27.7 Å². The lowest BCUT2D eigenvalue weighted by molar-refractivity contribution is 0.0783. The van der Waals surface area contributed by atoms with E-state index in [-0.39, 0.29) is 5.91 Å². The molecule has 0 bridgehead atoms. The summed E-state index contributed by atoms with van der Waals surface area (Å²) in [5.74, 6) is 1.75. The first-order chi connectivity index (χ1) is 10.9. The number of carbonyl (C=O) groups excluding carboxylic acids is 1. The molecule has 23 heavy (non-hydrogen) atoms. The Morgan fingerprint density at radius 2 is 1.87 bits per heavy atom. The average Bonchev–Trinajstić information content (AvgIpc) is 2.85. The topological polar surface area (TPSA) is 64.8 Å². The van der Waals surface area contributed by atoms with Gasteiger partial charge in [-0.25, -0.2) is 0 Å². The van der Waals surface area contributed by atoms with Crippen LogP contribution in [-0.4, -0.2) is 37.2 Å². The van der Waals surface area contributed by atoms with Crippen LogP contribution in [0.1, 0.15) is 27.4 Å². The number of carbonyl (C=O) groups is 1. The number of aryl methyl sites for hydroxylation is 2. The van der Waals surface area contributed by atoms with Gasteiger partial charge >= 0.3 is 0 Å². The number of halogens is 1. The summed E-state index contributed by atoms with van der Waals surface area (Å²) in [4.78, 5) is 14.4. The first kappa shape index (κ1) is 17.6. The highest BCUT2D eigenvalue weighted by atomic mass is 127. The average molecular weight is 430 g/mol. The number of methoxy groups -OCH3 is 2. The van der Waals surface area contributed by atoms with E-state index in [9.17, 15) is 4.79 Å². The molecule has 0 radical (unpaired) electrons. The first-order valence-electron chi connectivity index (χ1n) is 6.97. The highest BCUT2D eigenvalue weighted by Crippen LogP contribution is 2.32.